The first-order valence-corrected chi connectivity index (χ1v) is 7.27. The third kappa shape index (κ3) is 4.17. The van der Waals surface area contributed by atoms with Crippen molar-refractivity contribution in [2.24, 2.45) is 0 Å². The van der Waals surface area contributed by atoms with Crippen LogP contribution in [0.3, 0.4) is 0 Å². The molecule has 0 saturated carbocycles. The lowest BCUT2D eigenvalue weighted by Gasteiger charge is -2.20. The molecular formula is C12H19BrO2S. The van der Waals surface area contributed by atoms with Crippen LogP contribution in [0.15, 0.2) is 15.9 Å². The molecule has 0 aromatic carbocycles. The summed E-state index contributed by atoms with van der Waals surface area (Å²) in [6.07, 6.45) is 0.986. The Kier molecular flexibility index (Phi) is 5.97. The summed E-state index contributed by atoms with van der Waals surface area (Å²) in [5.74, 6) is 0.290. The molecule has 1 aromatic rings. The molecule has 3 unspecified atom stereocenters. The number of rotatable bonds is 6. The van der Waals surface area contributed by atoms with Gasteiger partial charge in [0.2, 0.25) is 0 Å². The number of aliphatic hydroxyl groups excluding tert-OH is 2. The molecule has 1 heterocycles. The lowest BCUT2D eigenvalue weighted by atomic mass is 9.97. The minimum absolute atomic E-state index is 0.290. The van der Waals surface area contributed by atoms with Gasteiger partial charge in [-0.25, -0.2) is 0 Å². The summed E-state index contributed by atoms with van der Waals surface area (Å²) in [5, 5.41) is 19.5. The zero-order chi connectivity index (χ0) is 12.1. The Morgan fingerprint density at radius 2 is 2.00 bits per heavy atom. The molecule has 0 spiro atoms. The van der Waals surface area contributed by atoms with Gasteiger partial charge in [0.05, 0.1) is 16.0 Å². The molecule has 0 aliphatic carbocycles. The van der Waals surface area contributed by atoms with Gasteiger partial charge in [-0.05, 0) is 46.8 Å². The zero-order valence-corrected chi connectivity index (χ0v) is 12.1. The van der Waals surface area contributed by atoms with Gasteiger partial charge in [0.15, 0.2) is 0 Å². The van der Waals surface area contributed by atoms with Gasteiger partial charge in [0, 0.05) is 4.88 Å². The molecule has 1 rings (SSSR count). The quantitative estimate of drug-likeness (QED) is 0.844. The molecule has 1 aromatic heterocycles. The minimum atomic E-state index is -0.615. The number of thiophene rings is 1. The monoisotopic (exact) mass is 306 g/mol. The van der Waals surface area contributed by atoms with E-state index in [1.807, 2.05) is 13.0 Å². The average molecular weight is 307 g/mol. The molecule has 92 valence electrons. The fraction of sp³-hybridized carbons (Fsp3) is 0.667. The normalized spacial score (nSPS) is 17.1. The van der Waals surface area contributed by atoms with E-state index < -0.39 is 12.2 Å². The van der Waals surface area contributed by atoms with Crippen molar-refractivity contribution >= 4 is 27.3 Å². The zero-order valence-electron chi connectivity index (χ0n) is 9.69. The molecule has 3 atom stereocenters. The molecule has 0 saturated heterocycles. The van der Waals surface area contributed by atoms with Crippen LogP contribution in [0.5, 0.6) is 0 Å². The molecule has 0 aliphatic heterocycles. The van der Waals surface area contributed by atoms with E-state index in [9.17, 15) is 10.2 Å². The average Bonchev–Trinajstić information content (AvgIpc) is 2.65. The number of hydrogen-bond acceptors (Lipinski definition) is 3. The van der Waals surface area contributed by atoms with Crippen LogP contribution in [0.25, 0.3) is 0 Å². The highest BCUT2D eigenvalue weighted by atomic mass is 79.9. The van der Waals surface area contributed by atoms with E-state index in [-0.39, 0.29) is 5.92 Å². The maximum atomic E-state index is 9.83. The van der Waals surface area contributed by atoms with Crippen LogP contribution in [-0.4, -0.2) is 22.4 Å². The molecule has 16 heavy (non-hydrogen) atoms. The van der Waals surface area contributed by atoms with Crippen molar-refractivity contribution in [3.8, 4) is 0 Å². The summed E-state index contributed by atoms with van der Waals surface area (Å²) in [5.41, 5.74) is 0. The largest absolute Gasteiger partial charge is 0.390 e. The van der Waals surface area contributed by atoms with Crippen LogP contribution < -0.4 is 0 Å². The highest BCUT2D eigenvalue weighted by molar-refractivity contribution is 9.11. The first-order valence-electron chi connectivity index (χ1n) is 5.66. The van der Waals surface area contributed by atoms with Gasteiger partial charge in [0.25, 0.3) is 0 Å². The molecule has 0 amide bonds. The van der Waals surface area contributed by atoms with Crippen LogP contribution in [-0.2, 0) is 0 Å². The third-order valence-corrected chi connectivity index (χ3v) is 4.56. The summed E-state index contributed by atoms with van der Waals surface area (Å²) < 4.78 is 1.11. The van der Waals surface area contributed by atoms with Crippen molar-refractivity contribution in [3.05, 3.63) is 20.8 Å². The van der Waals surface area contributed by atoms with Crippen LogP contribution >= 0.6 is 27.3 Å². The number of aliphatic hydroxyl groups is 2. The summed E-state index contributed by atoms with van der Waals surface area (Å²) in [6, 6.07) is 4.09. The SMILES string of the molecule is CCCC(O)C(O)CC(C)c1ccc(Br)s1. The molecule has 2 N–H and O–H groups in total. The Morgan fingerprint density at radius 3 is 2.50 bits per heavy atom. The smallest absolute Gasteiger partial charge is 0.0805 e. The maximum absolute atomic E-state index is 9.83. The van der Waals surface area contributed by atoms with Crippen molar-refractivity contribution in [1.82, 2.24) is 0 Å². The van der Waals surface area contributed by atoms with Gasteiger partial charge in [-0.15, -0.1) is 11.3 Å². The third-order valence-electron chi connectivity index (χ3n) is 2.70. The highest BCUT2D eigenvalue weighted by Crippen LogP contribution is 2.31. The summed E-state index contributed by atoms with van der Waals surface area (Å²) in [7, 11) is 0. The van der Waals surface area contributed by atoms with Gasteiger partial charge in [-0.3, -0.25) is 0 Å². The second-order valence-electron chi connectivity index (χ2n) is 4.20. The van der Waals surface area contributed by atoms with Crippen molar-refractivity contribution in [3.63, 3.8) is 0 Å². The van der Waals surface area contributed by atoms with E-state index in [2.05, 4.69) is 28.9 Å². The predicted molar refractivity (Wildman–Crippen MR) is 72.0 cm³/mol. The Hall–Kier alpha value is 0.1000. The van der Waals surface area contributed by atoms with Gasteiger partial charge in [0.1, 0.15) is 0 Å². The van der Waals surface area contributed by atoms with Crippen molar-refractivity contribution in [2.75, 3.05) is 0 Å². The van der Waals surface area contributed by atoms with Gasteiger partial charge in [-0.2, -0.15) is 0 Å². The second-order valence-corrected chi connectivity index (χ2v) is 6.70. The number of hydrogen-bond donors (Lipinski definition) is 2. The highest BCUT2D eigenvalue weighted by Gasteiger charge is 2.19. The van der Waals surface area contributed by atoms with Crippen molar-refractivity contribution in [2.45, 2.75) is 51.2 Å². The maximum Gasteiger partial charge on any atom is 0.0805 e. The standard InChI is InChI=1S/C12H19BrO2S/c1-3-4-9(14)10(15)7-8(2)11-5-6-12(13)16-11/h5-6,8-10,14-15H,3-4,7H2,1-2H3. The van der Waals surface area contributed by atoms with Crippen LogP contribution in [0, 0.1) is 0 Å². The molecular weight excluding hydrogens is 288 g/mol. The van der Waals surface area contributed by atoms with E-state index in [4.69, 9.17) is 0 Å². The van der Waals surface area contributed by atoms with Gasteiger partial charge >= 0.3 is 0 Å². The first-order chi connectivity index (χ1) is 7.54. The molecule has 0 bridgehead atoms. The predicted octanol–water partition coefficient (Wildman–Crippen LogP) is 3.53. The van der Waals surface area contributed by atoms with E-state index in [1.165, 1.54) is 4.88 Å². The van der Waals surface area contributed by atoms with Crippen LogP contribution in [0.2, 0.25) is 0 Å². The Bertz CT molecular complexity index is 314. The Morgan fingerprint density at radius 1 is 1.31 bits per heavy atom. The van der Waals surface area contributed by atoms with Crippen LogP contribution in [0.4, 0.5) is 0 Å². The van der Waals surface area contributed by atoms with E-state index in [0.29, 0.717) is 12.8 Å². The molecule has 2 nitrogen and oxygen atoms in total. The minimum Gasteiger partial charge on any atom is -0.390 e. The first kappa shape index (κ1) is 14.2. The van der Waals surface area contributed by atoms with E-state index in [1.54, 1.807) is 11.3 Å². The number of halogens is 1. The van der Waals surface area contributed by atoms with Crippen LogP contribution in [0.1, 0.15) is 43.9 Å². The fourth-order valence-electron chi connectivity index (χ4n) is 1.72. The van der Waals surface area contributed by atoms with E-state index in [0.717, 1.165) is 10.2 Å². The lowest BCUT2D eigenvalue weighted by Crippen LogP contribution is -2.26. The lowest BCUT2D eigenvalue weighted by molar-refractivity contribution is 0.00653. The molecule has 4 heteroatoms. The fourth-order valence-corrected chi connectivity index (χ4v) is 3.20. The second kappa shape index (κ2) is 6.74. The molecule has 0 radical (unpaired) electrons. The van der Waals surface area contributed by atoms with E-state index >= 15 is 0 Å². The summed E-state index contributed by atoms with van der Waals surface area (Å²) in [4.78, 5) is 1.25. The van der Waals surface area contributed by atoms with Gasteiger partial charge < -0.3 is 10.2 Å². The van der Waals surface area contributed by atoms with Crippen molar-refractivity contribution < 1.29 is 10.2 Å². The Labute approximate surface area is 109 Å². The summed E-state index contributed by atoms with van der Waals surface area (Å²) >= 11 is 5.11. The topological polar surface area (TPSA) is 40.5 Å². The molecule has 0 fully saturated rings. The van der Waals surface area contributed by atoms with Gasteiger partial charge in [-0.1, -0.05) is 20.3 Å². The Balaban J connectivity index is 2.47. The van der Waals surface area contributed by atoms with Crippen molar-refractivity contribution in [1.29, 1.82) is 0 Å². The molecule has 0 aliphatic rings. The summed E-state index contributed by atoms with van der Waals surface area (Å²) in [6.45, 7) is 4.09.